The molecule has 1 unspecified atom stereocenters. The van der Waals surface area contributed by atoms with E-state index in [2.05, 4.69) is 21.2 Å². The monoisotopic (exact) mass is 324 g/mol. The maximum atomic E-state index is 12.2. The van der Waals surface area contributed by atoms with E-state index in [1.807, 2.05) is 36.1 Å². The summed E-state index contributed by atoms with van der Waals surface area (Å²) in [5.74, 6) is 0. The number of nitrogens with zero attached hydrogens (tertiary/aromatic N) is 1. The molecule has 2 amide bonds. The van der Waals surface area contributed by atoms with Crippen molar-refractivity contribution in [2.75, 3.05) is 13.1 Å². The molecule has 104 valence electrons. The first-order valence-electron chi connectivity index (χ1n) is 6.98. The Morgan fingerprint density at radius 2 is 1.74 bits per heavy atom. The van der Waals surface area contributed by atoms with Crippen LogP contribution in [0.15, 0.2) is 28.7 Å². The van der Waals surface area contributed by atoms with Crippen LogP contribution in [0, 0.1) is 0 Å². The van der Waals surface area contributed by atoms with Gasteiger partial charge in [0.1, 0.15) is 0 Å². The Hall–Kier alpha value is -1.03. The minimum absolute atomic E-state index is 0.0452. The molecule has 1 saturated heterocycles. The van der Waals surface area contributed by atoms with Crippen LogP contribution in [-0.4, -0.2) is 24.0 Å². The van der Waals surface area contributed by atoms with Gasteiger partial charge in [0.15, 0.2) is 0 Å². The number of rotatable bonds is 2. The summed E-state index contributed by atoms with van der Waals surface area (Å²) in [4.78, 5) is 14.2. The molecule has 19 heavy (non-hydrogen) atoms. The van der Waals surface area contributed by atoms with Crippen molar-refractivity contribution in [2.45, 2.75) is 38.6 Å². The number of benzene rings is 1. The smallest absolute Gasteiger partial charge is 0.317 e. The van der Waals surface area contributed by atoms with E-state index in [0.717, 1.165) is 36.0 Å². The summed E-state index contributed by atoms with van der Waals surface area (Å²) in [5.41, 5.74) is 1.13. The Morgan fingerprint density at radius 3 is 2.32 bits per heavy atom. The highest BCUT2D eigenvalue weighted by Crippen LogP contribution is 2.17. The van der Waals surface area contributed by atoms with Crippen molar-refractivity contribution in [3.63, 3.8) is 0 Å². The Labute approximate surface area is 123 Å². The number of nitrogens with one attached hydrogen (secondary N) is 1. The summed E-state index contributed by atoms with van der Waals surface area (Å²) in [6.07, 6.45) is 4.73. The van der Waals surface area contributed by atoms with Gasteiger partial charge in [-0.05, 0) is 37.5 Å². The first kappa shape index (κ1) is 14.4. The molecule has 0 aliphatic carbocycles. The van der Waals surface area contributed by atoms with E-state index in [1.165, 1.54) is 12.8 Å². The highest BCUT2D eigenvalue weighted by Gasteiger charge is 2.17. The van der Waals surface area contributed by atoms with Gasteiger partial charge in [0.2, 0.25) is 0 Å². The Bertz CT molecular complexity index is 411. The fourth-order valence-corrected chi connectivity index (χ4v) is 2.65. The highest BCUT2D eigenvalue weighted by atomic mass is 79.9. The van der Waals surface area contributed by atoms with Crippen molar-refractivity contribution in [3.8, 4) is 0 Å². The van der Waals surface area contributed by atoms with Gasteiger partial charge in [-0.15, -0.1) is 0 Å². The topological polar surface area (TPSA) is 32.3 Å². The quantitative estimate of drug-likeness (QED) is 0.872. The van der Waals surface area contributed by atoms with Gasteiger partial charge in [-0.1, -0.05) is 40.9 Å². The van der Waals surface area contributed by atoms with Crippen LogP contribution in [0.3, 0.4) is 0 Å². The highest BCUT2D eigenvalue weighted by molar-refractivity contribution is 9.10. The van der Waals surface area contributed by atoms with E-state index in [0.29, 0.717) is 0 Å². The minimum Gasteiger partial charge on any atom is -0.331 e. The lowest BCUT2D eigenvalue weighted by Gasteiger charge is -2.23. The molecule has 1 fully saturated rings. The zero-order valence-electron chi connectivity index (χ0n) is 11.4. The Kier molecular flexibility index (Phi) is 5.25. The summed E-state index contributed by atoms with van der Waals surface area (Å²) < 4.78 is 1.06. The van der Waals surface area contributed by atoms with Gasteiger partial charge in [0.05, 0.1) is 6.04 Å². The molecule has 3 nitrogen and oxygen atoms in total. The number of hydrogen-bond acceptors (Lipinski definition) is 1. The lowest BCUT2D eigenvalue weighted by molar-refractivity contribution is 0.196. The third kappa shape index (κ3) is 4.23. The molecule has 0 radical (unpaired) electrons. The molecule has 0 spiro atoms. The van der Waals surface area contributed by atoms with Gasteiger partial charge < -0.3 is 10.2 Å². The second kappa shape index (κ2) is 6.94. The van der Waals surface area contributed by atoms with E-state index in [4.69, 9.17) is 0 Å². The fraction of sp³-hybridized carbons (Fsp3) is 0.533. The van der Waals surface area contributed by atoms with Gasteiger partial charge in [0, 0.05) is 17.6 Å². The number of hydrogen-bond donors (Lipinski definition) is 1. The molecular weight excluding hydrogens is 304 g/mol. The van der Waals surface area contributed by atoms with Crippen LogP contribution in [-0.2, 0) is 0 Å². The molecule has 0 saturated carbocycles. The van der Waals surface area contributed by atoms with Gasteiger partial charge in [-0.2, -0.15) is 0 Å². The van der Waals surface area contributed by atoms with Crippen LogP contribution >= 0.6 is 15.9 Å². The number of urea groups is 1. The van der Waals surface area contributed by atoms with Crippen molar-refractivity contribution in [1.29, 1.82) is 0 Å². The van der Waals surface area contributed by atoms with Gasteiger partial charge >= 0.3 is 6.03 Å². The fourth-order valence-electron chi connectivity index (χ4n) is 2.39. The number of amides is 2. The van der Waals surface area contributed by atoms with Crippen LogP contribution in [0.1, 0.15) is 44.2 Å². The van der Waals surface area contributed by atoms with Gasteiger partial charge in [0.25, 0.3) is 0 Å². The van der Waals surface area contributed by atoms with Crippen LogP contribution < -0.4 is 5.32 Å². The van der Waals surface area contributed by atoms with Crippen molar-refractivity contribution in [3.05, 3.63) is 34.3 Å². The Balaban J connectivity index is 1.92. The van der Waals surface area contributed by atoms with E-state index < -0.39 is 0 Å². The van der Waals surface area contributed by atoms with Gasteiger partial charge in [-0.3, -0.25) is 0 Å². The molecule has 1 aliphatic heterocycles. The maximum Gasteiger partial charge on any atom is 0.317 e. The summed E-state index contributed by atoms with van der Waals surface area (Å²) >= 11 is 3.42. The maximum absolute atomic E-state index is 12.2. The SMILES string of the molecule is CC(NC(=O)N1CCCCCC1)c1ccc(Br)cc1. The minimum atomic E-state index is 0.0452. The average Bonchev–Trinajstić information content (AvgIpc) is 2.68. The van der Waals surface area contributed by atoms with Crippen LogP contribution in [0.2, 0.25) is 0 Å². The zero-order chi connectivity index (χ0) is 13.7. The lowest BCUT2D eigenvalue weighted by atomic mass is 10.1. The van der Waals surface area contributed by atoms with E-state index in [9.17, 15) is 4.79 Å². The third-order valence-corrected chi connectivity index (χ3v) is 4.13. The number of carbonyl (C=O) groups is 1. The predicted octanol–water partition coefficient (Wildman–Crippen LogP) is 4.10. The first-order valence-corrected chi connectivity index (χ1v) is 7.77. The molecular formula is C15H21BrN2O. The second-order valence-electron chi connectivity index (χ2n) is 5.12. The predicted molar refractivity (Wildman–Crippen MR) is 81.1 cm³/mol. The van der Waals surface area contributed by atoms with Crippen LogP contribution in [0.4, 0.5) is 4.79 Å². The van der Waals surface area contributed by atoms with Crippen LogP contribution in [0.25, 0.3) is 0 Å². The second-order valence-corrected chi connectivity index (χ2v) is 6.04. The first-order chi connectivity index (χ1) is 9.16. The van der Waals surface area contributed by atoms with Crippen molar-refractivity contribution in [2.24, 2.45) is 0 Å². The Morgan fingerprint density at radius 1 is 1.16 bits per heavy atom. The lowest BCUT2D eigenvalue weighted by Crippen LogP contribution is -2.41. The molecule has 1 aromatic carbocycles. The molecule has 0 aromatic heterocycles. The van der Waals surface area contributed by atoms with Crippen LogP contribution in [0.5, 0.6) is 0 Å². The third-order valence-electron chi connectivity index (χ3n) is 3.60. The van der Waals surface area contributed by atoms with Crippen molar-refractivity contribution >= 4 is 22.0 Å². The molecule has 1 N–H and O–H groups in total. The number of likely N-dealkylation sites (tertiary alicyclic amines) is 1. The average molecular weight is 325 g/mol. The van der Waals surface area contributed by atoms with Gasteiger partial charge in [-0.25, -0.2) is 4.79 Å². The van der Waals surface area contributed by atoms with E-state index >= 15 is 0 Å². The summed E-state index contributed by atoms with van der Waals surface area (Å²) in [6, 6.07) is 8.20. The van der Waals surface area contributed by atoms with Crippen molar-refractivity contribution < 1.29 is 4.79 Å². The zero-order valence-corrected chi connectivity index (χ0v) is 12.9. The summed E-state index contributed by atoms with van der Waals surface area (Å²) in [7, 11) is 0. The molecule has 1 atom stereocenters. The molecule has 0 bridgehead atoms. The molecule has 1 aromatic rings. The van der Waals surface area contributed by atoms with E-state index in [-0.39, 0.29) is 12.1 Å². The molecule has 2 rings (SSSR count). The normalized spacial score (nSPS) is 17.7. The van der Waals surface area contributed by atoms with Crippen molar-refractivity contribution in [1.82, 2.24) is 10.2 Å². The summed E-state index contributed by atoms with van der Waals surface area (Å²) in [5, 5.41) is 3.08. The van der Waals surface area contributed by atoms with E-state index in [1.54, 1.807) is 0 Å². The largest absolute Gasteiger partial charge is 0.331 e. The summed E-state index contributed by atoms with van der Waals surface area (Å²) in [6.45, 7) is 3.80. The molecule has 1 aliphatic rings. The molecule has 1 heterocycles. The number of halogens is 1. The molecule has 4 heteroatoms. The standard InChI is InChI=1S/C15H21BrN2O/c1-12(13-6-8-14(16)9-7-13)17-15(19)18-10-4-2-3-5-11-18/h6-9,12H,2-5,10-11H2,1H3,(H,17,19). The number of carbonyl (C=O) groups excluding carboxylic acids is 1.